The lowest BCUT2D eigenvalue weighted by Crippen LogP contribution is -2.20. The minimum atomic E-state index is -0.285. The van der Waals surface area contributed by atoms with Crippen molar-refractivity contribution in [1.82, 2.24) is 4.98 Å². The van der Waals surface area contributed by atoms with Crippen molar-refractivity contribution < 1.29 is 4.79 Å². The van der Waals surface area contributed by atoms with E-state index in [-0.39, 0.29) is 6.03 Å². The number of urea groups is 1. The van der Waals surface area contributed by atoms with Crippen molar-refractivity contribution in [1.29, 1.82) is 0 Å². The summed E-state index contributed by atoms with van der Waals surface area (Å²) in [4.78, 5) is 16.2. The van der Waals surface area contributed by atoms with E-state index in [9.17, 15) is 4.79 Å². The van der Waals surface area contributed by atoms with Gasteiger partial charge >= 0.3 is 6.03 Å². The van der Waals surface area contributed by atoms with E-state index < -0.39 is 0 Å². The van der Waals surface area contributed by atoms with Crippen molar-refractivity contribution in [3.05, 3.63) is 53.2 Å². The van der Waals surface area contributed by atoms with E-state index in [1.807, 2.05) is 50.2 Å². The Labute approximate surface area is 119 Å². The molecule has 2 aromatic rings. The Balaban J connectivity index is 2.01. The summed E-state index contributed by atoms with van der Waals surface area (Å²) in [6.07, 6.45) is 0.985. The van der Waals surface area contributed by atoms with E-state index in [1.54, 1.807) is 0 Å². The van der Waals surface area contributed by atoms with E-state index in [0.717, 1.165) is 23.4 Å². The first-order valence-electron chi connectivity index (χ1n) is 6.69. The molecular weight excluding hydrogens is 250 g/mol. The van der Waals surface area contributed by atoms with Crippen LogP contribution in [0.2, 0.25) is 0 Å². The number of carbonyl (C=O) groups is 1. The van der Waals surface area contributed by atoms with E-state index in [2.05, 4.69) is 22.5 Å². The van der Waals surface area contributed by atoms with E-state index in [4.69, 9.17) is 0 Å². The van der Waals surface area contributed by atoms with Gasteiger partial charge in [0.2, 0.25) is 0 Å². The molecule has 0 aliphatic carbocycles. The van der Waals surface area contributed by atoms with Gasteiger partial charge in [0.05, 0.1) is 0 Å². The van der Waals surface area contributed by atoms with Crippen molar-refractivity contribution in [3.63, 3.8) is 0 Å². The standard InChI is InChI=1S/C16H19N3O/c1-4-13-5-7-14(8-6-13)18-16(20)19-15-10-11(2)9-12(3)17-15/h5-10H,4H2,1-3H3,(H2,17,18,19,20). The Kier molecular flexibility index (Phi) is 4.35. The van der Waals surface area contributed by atoms with Gasteiger partial charge in [0.15, 0.2) is 0 Å². The van der Waals surface area contributed by atoms with Crippen molar-refractivity contribution in [3.8, 4) is 0 Å². The van der Waals surface area contributed by atoms with E-state index in [1.165, 1.54) is 5.56 Å². The monoisotopic (exact) mass is 269 g/mol. The number of aromatic nitrogens is 1. The van der Waals surface area contributed by atoms with Crippen molar-refractivity contribution in [2.45, 2.75) is 27.2 Å². The quantitative estimate of drug-likeness (QED) is 0.887. The fraction of sp³-hybridized carbons (Fsp3) is 0.250. The van der Waals surface area contributed by atoms with Crippen LogP contribution in [0.25, 0.3) is 0 Å². The predicted octanol–water partition coefficient (Wildman–Crippen LogP) is 3.90. The number of pyridine rings is 1. The fourth-order valence-corrected chi connectivity index (χ4v) is 2.01. The summed E-state index contributed by atoms with van der Waals surface area (Å²) in [7, 11) is 0. The number of anilines is 2. The van der Waals surface area contributed by atoms with Crippen LogP contribution in [0, 0.1) is 13.8 Å². The molecule has 0 saturated heterocycles. The highest BCUT2D eigenvalue weighted by Crippen LogP contribution is 2.12. The van der Waals surface area contributed by atoms with Crippen LogP contribution in [0.5, 0.6) is 0 Å². The molecule has 2 N–H and O–H groups in total. The number of hydrogen-bond donors (Lipinski definition) is 2. The maximum atomic E-state index is 11.9. The maximum Gasteiger partial charge on any atom is 0.324 e. The summed E-state index contributed by atoms with van der Waals surface area (Å²) in [6, 6.07) is 11.3. The third-order valence-electron chi connectivity index (χ3n) is 2.96. The van der Waals surface area contributed by atoms with E-state index in [0.29, 0.717) is 5.82 Å². The lowest BCUT2D eigenvalue weighted by atomic mass is 10.1. The molecule has 0 atom stereocenters. The normalized spacial score (nSPS) is 10.2. The molecule has 104 valence electrons. The van der Waals surface area contributed by atoms with Crippen molar-refractivity contribution in [2.75, 3.05) is 10.6 Å². The second-order valence-electron chi connectivity index (χ2n) is 4.80. The number of rotatable bonds is 3. The van der Waals surface area contributed by atoms with Crippen LogP contribution < -0.4 is 10.6 Å². The molecule has 0 aliphatic rings. The van der Waals surface area contributed by atoms with Crippen molar-refractivity contribution in [2.24, 2.45) is 0 Å². The second-order valence-corrected chi connectivity index (χ2v) is 4.80. The third-order valence-corrected chi connectivity index (χ3v) is 2.96. The number of nitrogens with zero attached hydrogens (tertiary/aromatic N) is 1. The average Bonchev–Trinajstić information content (AvgIpc) is 2.38. The van der Waals surface area contributed by atoms with Gasteiger partial charge in [-0.2, -0.15) is 0 Å². The predicted molar refractivity (Wildman–Crippen MR) is 82.2 cm³/mol. The number of aryl methyl sites for hydroxylation is 3. The van der Waals surface area contributed by atoms with Crippen LogP contribution in [0.15, 0.2) is 36.4 Å². The molecule has 2 rings (SSSR count). The summed E-state index contributed by atoms with van der Waals surface area (Å²) in [5.74, 6) is 0.560. The van der Waals surface area contributed by atoms with Gasteiger partial charge in [-0.15, -0.1) is 0 Å². The summed E-state index contributed by atoms with van der Waals surface area (Å²) < 4.78 is 0. The molecule has 0 radical (unpaired) electrons. The van der Waals surface area contributed by atoms with Crippen LogP contribution >= 0.6 is 0 Å². The number of hydrogen-bond acceptors (Lipinski definition) is 2. The molecule has 0 saturated carbocycles. The topological polar surface area (TPSA) is 54.0 Å². The highest BCUT2D eigenvalue weighted by atomic mass is 16.2. The Morgan fingerprint density at radius 1 is 1.10 bits per heavy atom. The minimum absolute atomic E-state index is 0.285. The number of nitrogens with one attached hydrogen (secondary N) is 2. The smallest absolute Gasteiger partial charge is 0.308 e. The molecule has 1 aromatic heterocycles. The first kappa shape index (κ1) is 14.1. The van der Waals surface area contributed by atoms with Crippen molar-refractivity contribution >= 4 is 17.5 Å². The Morgan fingerprint density at radius 2 is 1.80 bits per heavy atom. The zero-order valence-electron chi connectivity index (χ0n) is 12.0. The molecular formula is C16H19N3O. The summed E-state index contributed by atoms with van der Waals surface area (Å²) in [5, 5.41) is 5.53. The molecule has 4 nitrogen and oxygen atoms in total. The second kappa shape index (κ2) is 6.19. The Hall–Kier alpha value is -2.36. The Bertz CT molecular complexity index is 585. The molecule has 1 heterocycles. The van der Waals surface area contributed by atoms with Crippen LogP contribution in [0.3, 0.4) is 0 Å². The maximum absolute atomic E-state index is 11.9. The summed E-state index contributed by atoms with van der Waals surface area (Å²) >= 11 is 0. The summed E-state index contributed by atoms with van der Waals surface area (Å²) in [6.45, 7) is 5.97. The van der Waals surface area contributed by atoms with Gasteiger partial charge in [-0.05, 0) is 55.7 Å². The van der Waals surface area contributed by atoms with Gasteiger partial charge < -0.3 is 5.32 Å². The first-order chi connectivity index (χ1) is 9.56. The van der Waals surface area contributed by atoms with Crippen LogP contribution in [-0.2, 0) is 6.42 Å². The average molecular weight is 269 g/mol. The lowest BCUT2D eigenvalue weighted by Gasteiger charge is -2.09. The number of benzene rings is 1. The van der Waals surface area contributed by atoms with Crippen LogP contribution in [0.1, 0.15) is 23.7 Å². The van der Waals surface area contributed by atoms with Crippen LogP contribution in [-0.4, -0.2) is 11.0 Å². The Morgan fingerprint density at radius 3 is 2.40 bits per heavy atom. The van der Waals surface area contributed by atoms with Gasteiger partial charge in [0, 0.05) is 11.4 Å². The van der Waals surface area contributed by atoms with E-state index >= 15 is 0 Å². The zero-order valence-corrected chi connectivity index (χ0v) is 12.0. The third kappa shape index (κ3) is 3.82. The van der Waals surface area contributed by atoms with Gasteiger partial charge in [-0.3, -0.25) is 5.32 Å². The largest absolute Gasteiger partial charge is 0.324 e. The number of amides is 2. The minimum Gasteiger partial charge on any atom is -0.308 e. The molecule has 1 aromatic carbocycles. The number of carbonyl (C=O) groups excluding carboxylic acids is 1. The van der Waals surface area contributed by atoms with Crippen LogP contribution in [0.4, 0.5) is 16.3 Å². The van der Waals surface area contributed by atoms with Gasteiger partial charge in [-0.1, -0.05) is 19.1 Å². The molecule has 0 spiro atoms. The SMILES string of the molecule is CCc1ccc(NC(=O)Nc2cc(C)cc(C)n2)cc1. The molecule has 0 aliphatic heterocycles. The molecule has 0 unspecified atom stereocenters. The molecule has 20 heavy (non-hydrogen) atoms. The fourth-order valence-electron chi connectivity index (χ4n) is 2.01. The first-order valence-corrected chi connectivity index (χ1v) is 6.69. The van der Waals surface area contributed by atoms with Gasteiger partial charge in [-0.25, -0.2) is 9.78 Å². The molecule has 0 bridgehead atoms. The molecule has 4 heteroatoms. The van der Waals surface area contributed by atoms with Gasteiger partial charge in [0.25, 0.3) is 0 Å². The highest BCUT2D eigenvalue weighted by Gasteiger charge is 2.04. The highest BCUT2D eigenvalue weighted by molar-refractivity contribution is 5.99. The summed E-state index contributed by atoms with van der Waals surface area (Å²) in [5.41, 5.74) is 3.96. The van der Waals surface area contributed by atoms with Gasteiger partial charge in [0.1, 0.15) is 5.82 Å². The molecule has 2 amide bonds. The molecule has 0 fully saturated rings. The zero-order chi connectivity index (χ0) is 14.5. The lowest BCUT2D eigenvalue weighted by molar-refractivity contribution is 0.262.